The fraction of sp³-hybridized carbons (Fsp3) is 0.391. The number of thioether (sulfide) groups is 1. The number of nitrogens with zero attached hydrogens (tertiary/aromatic N) is 3. The Morgan fingerprint density at radius 2 is 1.69 bits per heavy atom. The molecule has 2 aromatic carbocycles. The summed E-state index contributed by atoms with van der Waals surface area (Å²) in [6.07, 6.45) is 0.369. The van der Waals surface area contributed by atoms with Gasteiger partial charge >= 0.3 is 0 Å². The molecule has 0 bridgehead atoms. The zero-order valence-electron chi connectivity index (χ0n) is 17.1. The summed E-state index contributed by atoms with van der Waals surface area (Å²) in [5.74, 6) is 0.662. The molecule has 0 unspecified atom stereocenters. The van der Waals surface area contributed by atoms with Crippen molar-refractivity contribution in [3.05, 3.63) is 53.6 Å². The third-order valence-corrected chi connectivity index (χ3v) is 6.95. The number of carbonyl (C=O) groups excluding carboxylic acids is 2. The molecule has 0 N–H and O–H groups in total. The maximum Gasteiger partial charge on any atom is 0.237 e. The standard InChI is InChI=1S/C23H27N3O2S/c1-17-6-5-8-19(18(17)2)24-12-14-25(15-13-24)22(27)10-11-26-20-7-3-4-9-21(20)29-16-23(26)28/h3-9H,10-16H2,1-2H3. The molecule has 2 aliphatic heterocycles. The molecule has 2 amide bonds. The minimum Gasteiger partial charge on any atom is -0.368 e. The molecule has 2 heterocycles. The van der Waals surface area contributed by atoms with Crippen molar-refractivity contribution in [2.45, 2.75) is 25.2 Å². The Balaban J connectivity index is 1.34. The summed E-state index contributed by atoms with van der Waals surface area (Å²) >= 11 is 1.57. The Hall–Kier alpha value is -2.47. The van der Waals surface area contributed by atoms with Gasteiger partial charge < -0.3 is 14.7 Å². The molecule has 0 aromatic heterocycles. The third-order valence-electron chi connectivity index (χ3n) is 5.91. The van der Waals surface area contributed by atoms with Crippen LogP contribution in [-0.4, -0.2) is 55.2 Å². The normalized spacial score (nSPS) is 16.8. The number of fused-ring (bicyclic) bond motifs is 1. The van der Waals surface area contributed by atoms with Gasteiger partial charge in [-0.2, -0.15) is 0 Å². The van der Waals surface area contributed by atoms with E-state index in [2.05, 4.69) is 36.9 Å². The minimum absolute atomic E-state index is 0.0845. The highest BCUT2D eigenvalue weighted by atomic mass is 32.2. The summed E-state index contributed by atoms with van der Waals surface area (Å²) in [4.78, 5) is 32.4. The largest absolute Gasteiger partial charge is 0.368 e. The smallest absolute Gasteiger partial charge is 0.237 e. The molecule has 4 rings (SSSR count). The summed E-state index contributed by atoms with van der Waals surface area (Å²) < 4.78 is 0. The Labute approximate surface area is 176 Å². The highest BCUT2D eigenvalue weighted by Gasteiger charge is 2.27. The second kappa shape index (κ2) is 8.49. The summed E-state index contributed by atoms with van der Waals surface area (Å²) in [6, 6.07) is 14.3. The van der Waals surface area contributed by atoms with E-state index in [4.69, 9.17) is 0 Å². The van der Waals surface area contributed by atoms with Gasteiger partial charge in [-0.05, 0) is 43.2 Å². The van der Waals surface area contributed by atoms with Crippen molar-refractivity contribution in [3.63, 3.8) is 0 Å². The summed E-state index contributed by atoms with van der Waals surface area (Å²) in [7, 11) is 0. The van der Waals surface area contributed by atoms with Crippen molar-refractivity contribution in [2.24, 2.45) is 0 Å². The number of aryl methyl sites for hydroxylation is 1. The van der Waals surface area contributed by atoms with E-state index in [9.17, 15) is 9.59 Å². The van der Waals surface area contributed by atoms with Gasteiger partial charge in [-0.1, -0.05) is 24.3 Å². The van der Waals surface area contributed by atoms with Crippen LogP contribution in [0, 0.1) is 13.8 Å². The lowest BCUT2D eigenvalue weighted by molar-refractivity contribution is -0.131. The molecule has 152 valence electrons. The van der Waals surface area contributed by atoms with Crippen molar-refractivity contribution in [1.82, 2.24) is 4.90 Å². The predicted octanol–water partition coefficient (Wildman–Crippen LogP) is 3.48. The summed E-state index contributed by atoms with van der Waals surface area (Å²) in [5.41, 5.74) is 4.81. The number of piperazine rings is 1. The molecule has 0 radical (unpaired) electrons. The monoisotopic (exact) mass is 409 g/mol. The highest BCUT2D eigenvalue weighted by molar-refractivity contribution is 8.00. The van der Waals surface area contributed by atoms with Crippen molar-refractivity contribution in [3.8, 4) is 0 Å². The Morgan fingerprint density at radius 3 is 2.48 bits per heavy atom. The van der Waals surface area contributed by atoms with Gasteiger partial charge in [0.2, 0.25) is 11.8 Å². The SMILES string of the molecule is Cc1cccc(N2CCN(C(=O)CCN3C(=O)CSc4ccccc43)CC2)c1C. The van der Waals surface area contributed by atoms with Gasteiger partial charge in [-0.25, -0.2) is 0 Å². The lowest BCUT2D eigenvalue weighted by atomic mass is 10.1. The van der Waals surface area contributed by atoms with Crippen LogP contribution in [0.3, 0.4) is 0 Å². The lowest BCUT2D eigenvalue weighted by Gasteiger charge is -2.37. The van der Waals surface area contributed by atoms with E-state index < -0.39 is 0 Å². The Bertz CT molecular complexity index is 922. The van der Waals surface area contributed by atoms with E-state index in [0.717, 1.165) is 36.8 Å². The molecule has 0 aliphatic carbocycles. The number of hydrogen-bond acceptors (Lipinski definition) is 4. The van der Waals surface area contributed by atoms with Crippen LogP contribution >= 0.6 is 11.8 Å². The molecular formula is C23H27N3O2S. The van der Waals surface area contributed by atoms with Gasteiger partial charge in [0.25, 0.3) is 0 Å². The molecule has 0 saturated carbocycles. The molecule has 29 heavy (non-hydrogen) atoms. The van der Waals surface area contributed by atoms with Crippen molar-refractivity contribution < 1.29 is 9.59 Å². The first-order valence-corrected chi connectivity index (χ1v) is 11.1. The number of hydrogen-bond donors (Lipinski definition) is 0. The van der Waals surface area contributed by atoms with Crippen LogP contribution in [0.5, 0.6) is 0 Å². The van der Waals surface area contributed by atoms with Crippen molar-refractivity contribution in [1.29, 1.82) is 0 Å². The van der Waals surface area contributed by atoms with E-state index in [1.165, 1.54) is 16.8 Å². The highest BCUT2D eigenvalue weighted by Crippen LogP contribution is 2.35. The molecule has 1 fully saturated rings. The first kappa shape index (κ1) is 19.8. The maximum atomic E-state index is 12.8. The first-order valence-electron chi connectivity index (χ1n) is 10.2. The Morgan fingerprint density at radius 1 is 0.966 bits per heavy atom. The van der Waals surface area contributed by atoms with Crippen LogP contribution < -0.4 is 9.80 Å². The second-order valence-electron chi connectivity index (χ2n) is 7.64. The predicted molar refractivity (Wildman–Crippen MR) is 119 cm³/mol. The maximum absolute atomic E-state index is 12.8. The number of anilines is 2. The molecule has 2 aromatic rings. The van der Waals surface area contributed by atoms with Gasteiger partial charge in [0.05, 0.1) is 11.4 Å². The summed E-state index contributed by atoms with van der Waals surface area (Å²) in [5, 5.41) is 0. The van der Waals surface area contributed by atoms with Crippen LogP contribution in [0.25, 0.3) is 0 Å². The molecule has 6 heteroatoms. The lowest BCUT2D eigenvalue weighted by Crippen LogP contribution is -2.49. The quantitative estimate of drug-likeness (QED) is 0.776. The fourth-order valence-electron chi connectivity index (χ4n) is 4.04. The van der Waals surface area contributed by atoms with Crippen LogP contribution in [0.4, 0.5) is 11.4 Å². The van der Waals surface area contributed by atoms with E-state index in [-0.39, 0.29) is 11.8 Å². The molecule has 2 aliphatic rings. The van der Waals surface area contributed by atoms with E-state index in [1.54, 1.807) is 16.7 Å². The molecule has 1 saturated heterocycles. The number of rotatable bonds is 4. The van der Waals surface area contributed by atoms with Crippen LogP contribution in [-0.2, 0) is 9.59 Å². The van der Waals surface area contributed by atoms with Crippen LogP contribution in [0.1, 0.15) is 17.5 Å². The third kappa shape index (κ3) is 4.13. The zero-order valence-corrected chi connectivity index (χ0v) is 17.9. The second-order valence-corrected chi connectivity index (χ2v) is 8.66. The average Bonchev–Trinajstić information content (AvgIpc) is 2.75. The Kier molecular flexibility index (Phi) is 5.81. The number of carbonyl (C=O) groups is 2. The van der Waals surface area contributed by atoms with Gasteiger partial charge in [0.15, 0.2) is 0 Å². The topological polar surface area (TPSA) is 43.9 Å². The molecule has 0 spiro atoms. The van der Waals surface area contributed by atoms with Crippen molar-refractivity contribution >= 4 is 35.0 Å². The minimum atomic E-state index is 0.0845. The number of benzene rings is 2. The van der Waals surface area contributed by atoms with Gasteiger partial charge in [-0.3, -0.25) is 9.59 Å². The number of para-hydroxylation sites is 1. The van der Waals surface area contributed by atoms with Gasteiger partial charge in [0.1, 0.15) is 0 Å². The zero-order chi connectivity index (χ0) is 20.4. The van der Waals surface area contributed by atoms with Crippen LogP contribution in [0.2, 0.25) is 0 Å². The first-order chi connectivity index (χ1) is 14.0. The van der Waals surface area contributed by atoms with Crippen LogP contribution in [0.15, 0.2) is 47.4 Å². The number of amides is 2. The van der Waals surface area contributed by atoms with Gasteiger partial charge in [0, 0.05) is 49.7 Å². The molecule has 5 nitrogen and oxygen atoms in total. The van der Waals surface area contributed by atoms with Gasteiger partial charge in [-0.15, -0.1) is 11.8 Å². The average molecular weight is 410 g/mol. The fourth-order valence-corrected chi connectivity index (χ4v) is 4.98. The van der Waals surface area contributed by atoms with E-state index >= 15 is 0 Å². The molecular weight excluding hydrogens is 382 g/mol. The summed E-state index contributed by atoms with van der Waals surface area (Å²) in [6.45, 7) is 7.90. The molecule has 0 atom stereocenters. The van der Waals surface area contributed by atoms with E-state index in [0.29, 0.717) is 18.7 Å². The van der Waals surface area contributed by atoms with E-state index in [1.807, 2.05) is 29.2 Å². The van der Waals surface area contributed by atoms with Crippen molar-refractivity contribution in [2.75, 3.05) is 48.3 Å².